The monoisotopic (exact) mass is 418 g/mol. The molecule has 4 rings (SSSR count). The van der Waals surface area contributed by atoms with E-state index < -0.39 is 23.2 Å². The van der Waals surface area contributed by atoms with E-state index in [1.165, 1.54) is 34.2 Å². The summed E-state index contributed by atoms with van der Waals surface area (Å²) in [6.07, 6.45) is 9.23. The van der Waals surface area contributed by atoms with Gasteiger partial charge in [-0.1, -0.05) is 0 Å². The molecule has 0 aromatic heterocycles. The van der Waals surface area contributed by atoms with Crippen LogP contribution in [0.2, 0.25) is 0 Å². The predicted octanol–water partition coefficient (Wildman–Crippen LogP) is -1.57. The van der Waals surface area contributed by atoms with E-state index in [-0.39, 0.29) is 24.8 Å². The summed E-state index contributed by atoms with van der Waals surface area (Å²) in [5, 5.41) is 0. The molecule has 0 bridgehead atoms. The van der Waals surface area contributed by atoms with Crippen LogP contribution < -0.4 is 28.1 Å². The third-order valence-corrected chi connectivity index (χ3v) is 8.52. The fourth-order valence-electron chi connectivity index (χ4n) is 3.40. The molecule has 2 aliphatic rings. The number of benzene rings is 2. The topological polar surface area (TPSA) is 0 Å². The summed E-state index contributed by atoms with van der Waals surface area (Å²) in [5.41, 5.74) is 9.01. The molecule has 23 heavy (non-hydrogen) atoms. The van der Waals surface area contributed by atoms with Gasteiger partial charge in [-0.15, -0.1) is 0 Å². The summed E-state index contributed by atoms with van der Waals surface area (Å²) < 4.78 is 3.43. The van der Waals surface area contributed by atoms with Gasteiger partial charge in [0.15, 0.2) is 0 Å². The standard InChI is InChI=1S/C15H13.C5H5.2ClH.Zr/c1-10-3-5-14-12(7-10)9-13-8-11(2)4-6-15(13)14;1-2-4-5-3-1;;;/h3-7H,9H2,1-2H3;1-3H,4H2;2*1H;/q;;;;+2/p-2. The van der Waals surface area contributed by atoms with Crippen LogP contribution >= 0.6 is 0 Å². The third-order valence-electron chi connectivity index (χ3n) is 4.50. The van der Waals surface area contributed by atoms with Crippen molar-refractivity contribution in [2.75, 3.05) is 0 Å². The van der Waals surface area contributed by atoms with Crippen LogP contribution in [0.25, 0.3) is 11.1 Å². The molecule has 0 unspecified atom stereocenters. The molecule has 0 radical (unpaired) electrons. The van der Waals surface area contributed by atoms with Crippen molar-refractivity contribution >= 4 is 3.27 Å². The Morgan fingerprint density at radius 1 is 0.957 bits per heavy atom. The van der Waals surface area contributed by atoms with Crippen molar-refractivity contribution in [2.24, 2.45) is 0 Å². The van der Waals surface area contributed by atoms with E-state index in [0.29, 0.717) is 0 Å². The molecule has 2 aromatic rings. The number of rotatable bonds is 2. The number of hydrogen-bond donors (Lipinski definition) is 0. The van der Waals surface area contributed by atoms with E-state index in [1.807, 2.05) is 0 Å². The van der Waals surface area contributed by atoms with Crippen molar-refractivity contribution in [3.05, 3.63) is 74.1 Å². The van der Waals surface area contributed by atoms with E-state index in [9.17, 15) is 0 Å². The van der Waals surface area contributed by atoms with Crippen molar-refractivity contribution in [3.63, 3.8) is 0 Å². The van der Waals surface area contributed by atoms with Crippen LogP contribution in [0, 0.1) is 13.8 Å². The maximum Gasteiger partial charge on any atom is -1.00 e. The first-order valence-electron chi connectivity index (χ1n) is 7.57. The van der Waals surface area contributed by atoms with Crippen LogP contribution in [-0.2, 0) is 29.7 Å². The van der Waals surface area contributed by atoms with Gasteiger partial charge in [0, 0.05) is 0 Å². The van der Waals surface area contributed by atoms with Gasteiger partial charge in [-0.2, -0.15) is 0 Å². The predicted molar refractivity (Wildman–Crippen MR) is 85.6 cm³/mol. The van der Waals surface area contributed by atoms with Crippen LogP contribution in [0.1, 0.15) is 28.7 Å². The van der Waals surface area contributed by atoms with E-state index in [2.05, 4.69) is 62.4 Å². The van der Waals surface area contributed by atoms with Gasteiger partial charge < -0.3 is 24.8 Å². The second kappa shape index (κ2) is 7.51. The zero-order valence-corrected chi connectivity index (χ0v) is 17.3. The normalized spacial score (nSPS) is 13.4. The molecule has 0 amide bonds. The van der Waals surface area contributed by atoms with Gasteiger partial charge in [0.2, 0.25) is 0 Å². The summed E-state index contributed by atoms with van der Waals surface area (Å²) in [4.78, 5) is 0. The summed E-state index contributed by atoms with van der Waals surface area (Å²) >= 11 is -0.629. The molecule has 0 fully saturated rings. The zero-order valence-electron chi connectivity index (χ0n) is 13.3. The molecule has 0 heterocycles. The number of hydrogen-bond acceptors (Lipinski definition) is 0. The Balaban J connectivity index is 0.000000960. The van der Waals surface area contributed by atoms with E-state index in [1.54, 1.807) is 12.1 Å². The van der Waals surface area contributed by atoms with E-state index in [4.69, 9.17) is 0 Å². The number of allylic oxidation sites excluding steroid dienone is 4. The second-order valence-corrected chi connectivity index (χ2v) is 9.49. The van der Waals surface area contributed by atoms with Crippen LogP contribution in [0.3, 0.4) is 0 Å². The van der Waals surface area contributed by atoms with Gasteiger partial charge in [-0.05, 0) is 0 Å². The first kappa shape index (κ1) is 18.7. The molecule has 2 aliphatic carbocycles. The fourth-order valence-corrected chi connectivity index (χ4v) is 6.78. The minimum Gasteiger partial charge on any atom is -1.00 e. The van der Waals surface area contributed by atoms with Crippen LogP contribution in [0.4, 0.5) is 0 Å². The summed E-state index contributed by atoms with van der Waals surface area (Å²) in [5.74, 6) is 0. The largest absolute Gasteiger partial charge is 1.00 e. The Kier molecular flexibility index (Phi) is 6.12. The second-order valence-electron chi connectivity index (χ2n) is 6.07. The number of aryl methyl sites for hydroxylation is 2. The van der Waals surface area contributed by atoms with Crippen LogP contribution in [0.15, 0.2) is 51.8 Å². The smallest absolute Gasteiger partial charge is 1.00 e. The Labute approximate surface area is 162 Å². The molecule has 0 N–H and O–H groups in total. The van der Waals surface area contributed by atoms with Crippen LogP contribution in [-0.4, -0.2) is 0 Å². The molecule has 0 atom stereocenters. The maximum absolute atomic E-state index is 2.37. The molecule has 0 aliphatic heterocycles. The summed E-state index contributed by atoms with van der Waals surface area (Å²) in [6, 6.07) is 11.6. The van der Waals surface area contributed by atoms with Crippen molar-refractivity contribution < 1.29 is 48.0 Å². The minimum absolute atomic E-state index is 0. The Morgan fingerprint density at radius 3 is 2.48 bits per heavy atom. The minimum atomic E-state index is -0.629. The van der Waals surface area contributed by atoms with Crippen molar-refractivity contribution in [3.8, 4) is 11.1 Å². The molecule has 0 saturated heterocycles. The Morgan fingerprint density at radius 2 is 1.74 bits per heavy atom. The molecule has 0 nitrogen and oxygen atoms in total. The molecule has 3 heteroatoms. The third kappa shape index (κ3) is 3.43. The quantitative estimate of drug-likeness (QED) is 0.470. The Bertz CT molecular complexity index is 804. The molecule has 2 aromatic carbocycles. The molecular weight excluding hydrogens is 402 g/mol. The maximum atomic E-state index is 2.37. The van der Waals surface area contributed by atoms with Crippen LogP contribution in [0.5, 0.6) is 0 Å². The average molecular weight is 420 g/mol. The molecular formula is C20H18Cl2Zr. The van der Waals surface area contributed by atoms with E-state index in [0.717, 1.165) is 6.42 Å². The van der Waals surface area contributed by atoms with Crippen molar-refractivity contribution in [1.29, 1.82) is 0 Å². The van der Waals surface area contributed by atoms with Gasteiger partial charge in [-0.25, -0.2) is 0 Å². The average Bonchev–Trinajstić information content (AvgIpc) is 3.08. The SMILES string of the molecule is Cc1ccc2c(c1)Cc1c-2ccc(C)[c]1[Zr+2][C]1=CC=CC1.[Cl-].[Cl-]. The van der Waals surface area contributed by atoms with E-state index >= 15 is 0 Å². The van der Waals surface area contributed by atoms with Gasteiger partial charge in [-0.3, -0.25) is 0 Å². The van der Waals surface area contributed by atoms with Gasteiger partial charge >= 0.3 is 138 Å². The first-order valence-corrected chi connectivity index (χ1v) is 10.0. The fraction of sp³-hybridized carbons (Fsp3) is 0.200. The summed E-state index contributed by atoms with van der Waals surface area (Å²) in [6.45, 7) is 4.49. The molecule has 0 saturated carbocycles. The number of halogens is 2. The zero-order chi connectivity index (χ0) is 14.4. The molecule has 0 spiro atoms. The Hall–Kier alpha value is -0.617. The first-order chi connectivity index (χ1) is 10.2. The van der Waals surface area contributed by atoms with Gasteiger partial charge in [0.25, 0.3) is 0 Å². The van der Waals surface area contributed by atoms with Crippen molar-refractivity contribution in [2.45, 2.75) is 26.7 Å². The van der Waals surface area contributed by atoms with Crippen molar-refractivity contribution in [1.82, 2.24) is 0 Å². The van der Waals surface area contributed by atoms with Gasteiger partial charge in [0.1, 0.15) is 0 Å². The number of fused-ring (bicyclic) bond motifs is 3. The molecule has 116 valence electrons. The van der Waals surface area contributed by atoms with Gasteiger partial charge in [0.05, 0.1) is 0 Å². The summed E-state index contributed by atoms with van der Waals surface area (Å²) in [7, 11) is 0.